The van der Waals surface area contributed by atoms with Gasteiger partial charge in [-0.25, -0.2) is 9.48 Å². The van der Waals surface area contributed by atoms with Crippen LogP contribution in [0.4, 0.5) is 13.2 Å². The van der Waals surface area contributed by atoms with Gasteiger partial charge in [-0.15, -0.1) is 12.4 Å². The van der Waals surface area contributed by atoms with Crippen molar-refractivity contribution in [2.24, 2.45) is 5.11 Å². The van der Waals surface area contributed by atoms with Crippen LogP contribution in [0.15, 0.2) is 29.4 Å². The van der Waals surface area contributed by atoms with Gasteiger partial charge in [0, 0.05) is 11.0 Å². The normalized spacial score (nSPS) is 10.6. The number of methoxy groups -OCH3 is 1. The second-order valence-corrected chi connectivity index (χ2v) is 4.51. The van der Waals surface area contributed by atoms with Gasteiger partial charge in [0.2, 0.25) is 0 Å². The molecule has 2 rings (SSSR count). The van der Waals surface area contributed by atoms with E-state index in [1.54, 1.807) is 0 Å². The Morgan fingerprint density at radius 3 is 2.64 bits per heavy atom. The number of carboxylic acid groups (broad SMARTS) is 1. The number of azide groups is 1. The highest BCUT2D eigenvalue weighted by Crippen LogP contribution is 2.31. The fraction of sp³-hybridized carbons (Fsp3) is 0.231. The minimum absolute atomic E-state index is 0. The second-order valence-electron chi connectivity index (χ2n) is 4.51. The highest BCUT2D eigenvalue weighted by molar-refractivity contribution is 5.86. The van der Waals surface area contributed by atoms with Gasteiger partial charge in [-0.05, 0) is 29.3 Å². The molecular weight excluding hydrogens is 367 g/mol. The van der Waals surface area contributed by atoms with Crippen LogP contribution in [0, 0.1) is 0 Å². The van der Waals surface area contributed by atoms with Crippen molar-refractivity contribution in [1.82, 2.24) is 9.78 Å². The number of nitrogens with zero attached hydrogens (tertiary/aromatic N) is 5. The van der Waals surface area contributed by atoms with Gasteiger partial charge in [-0.3, -0.25) is 0 Å². The van der Waals surface area contributed by atoms with E-state index in [0.717, 1.165) is 0 Å². The summed E-state index contributed by atoms with van der Waals surface area (Å²) in [7, 11) is 1.38. The Bertz CT molecular complexity index is 831. The summed E-state index contributed by atoms with van der Waals surface area (Å²) in [6, 6.07) is 4.62. The lowest BCUT2D eigenvalue weighted by Crippen LogP contribution is -2.11. The van der Waals surface area contributed by atoms with Crippen LogP contribution in [0.2, 0.25) is 0 Å². The lowest BCUT2D eigenvalue weighted by Gasteiger charge is -2.11. The number of aromatic carboxylic acids is 1. The van der Waals surface area contributed by atoms with Crippen molar-refractivity contribution >= 4 is 18.4 Å². The summed E-state index contributed by atoms with van der Waals surface area (Å²) in [5, 5.41) is 15.8. The van der Waals surface area contributed by atoms with Gasteiger partial charge in [0.1, 0.15) is 5.75 Å². The summed E-state index contributed by atoms with van der Waals surface area (Å²) in [6.07, 6.45) is -4.80. The number of ether oxygens (including phenoxy) is 1. The number of aromatic nitrogens is 2. The van der Waals surface area contributed by atoms with Crippen molar-refractivity contribution in [1.29, 1.82) is 0 Å². The van der Waals surface area contributed by atoms with Crippen LogP contribution in [0.5, 0.6) is 5.75 Å². The smallest absolute Gasteiger partial charge is 0.435 e. The number of benzene rings is 1. The Labute approximate surface area is 144 Å². The molecule has 0 aliphatic rings. The Hall–Kier alpha value is -2.91. The quantitative estimate of drug-likeness (QED) is 0.484. The average Bonchev–Trinajstić information content (AvgIpc) is 2.98. The van der Waals surface area contributed by atoms with Crippen molar-refractivity contribution < 1.29 is 27.8 Å². The molecule has 0 spiro atoms. The molecule has 1 N–H and O–H groups in total. The van der Waals surface area contributed by atoms with Crippen LogP contribution >= 0.6 is 12.4 Å². The van der Waals surface area contributed by atoms with Crippen molar-refractivity contribution in [2.75, 3.05) is 7.11 Å². The number of hydrogen-bond donors (Lipinski definition) is 1. The van der Waals surface area contributed by atoms with Crippen LogP contribution in [-0.4, -0.2) is 28.0 Å². The Morgan fingerprint density at radius 1 is 1.44 bits per heavy atom. The van der Waals surface area contributed by atoms with Gasteiger partial charge >= 0.3 is 12.1 Å². The first-order valence-corrected chi connectivity index (χ1v) is 6.36. The lowest BCUT2D eigenvalue weighted by atomic mass is 10.1. The first kappa shape index (κ1) is 20.1. The molecule has 2 aromatic rings. The van der Waals surface area contributed by atoms with E-state index in [1.165, 1.54) is 25.3 Å². The zero-order valence-electron chi connectivity index (χ0n) is 12.6. The van der Waals surface area contributed by atoms with Crippen LogP contribution in [0.25, 0.3) is 16.1 Å². The molecule has 1 aromatic heterocycles. The van der Waals surface area contributed by atoms with E-state index in [1.807, 2.05) is 0 Å². The zero-order chi connectivity index (χ0) is 17.9. The molecule has 25 heavy (non-hydrogen) atoms. The molecule has 1 heterocycles. The molecule has 0 amide bonds. The number of carbonyl (C=O) groups is 1. The fourth-order valence-electron chi connectivity index (χ4n) is 1.99. The molecular formula is C13H11ClF3N5O3. The molecule has 0 atom stereocenters. The lowest BCUT2D eigenvalue weighted by molar-refractivity contribution is -0.141. The molecule has 0 aliphatic carbocycles. The molecule has 134 valence electrons. The van der Waals surface area contributed by atoms with E-state index < -0.39 is 23.5 Å². The molecule has 0 radical (unpaired) electrons. The van der Waals surface area contributed by atoms with Crippen molar-refractivity contribution in [3.63, 3.8) is 0 Å². The molecule has 1 aromatic carbocycles. The Balaban J connectivity index is 0.00000312. The summed E-state index contributed by atoms with van der Waals surface area (Å²) >= 11 is 0. The second kappa shape index (κ2) is 7.77. The number of halogens is 4. The van der Waals surface area contributed by atoms with Crippen molar-refractivity contribution in [2.45, 2.75) is 12.7 Å². The third-order valence-electron chi connectivity index (χ3n) is 3.04. The van der Waals surface area contributed by atoms with Crippen LogP contribution in [0.3, 0.4) is 0 Å². The Kier molecular flexibility index (Phi) is 6.26. The predicted molar refractivity (Wildman–Crippen MR) is 82.2 cm³/mol. The predicted octanol–water partition coefficient (Wildman–Crippen LogP) is 3.83. The molecule has 12 heteroatoms. The molecule has 0 bridgehead atoms. The summed E-state index contributed by atoms with van der Waals surface area (Å²) in [4.78, 5) is 13.8. The highest BCUT2D eigenvalue weighted by Gasteiger charge is 2.36. The summed E-state index contributed by atoms with van der Waals surface area (Å²) in [6.45, 7) is -0.219. The van der Waals surface area contributed by atoms with E-state index in [4.69, 9.17) is 15.4 Å². The third kappa shape index (κ3) is 4.34. The first-order valence-electron chi connectivity index (χ1n) is 6.36. The topological polar surface area (TPSA) is 113 Å². The van der Waals surface area contributed by atoms with E-state index in [-0.39, 0.29) is 30.2 Å². The van der Waals surface area contributed by atoms with E-state index >= 15 is 0 Å². The monoisotopic (exact) mass is 377 g/mol. The summed E-state index contributed by atoms with van der Waals surface area (Å²) in [5.41, 5.74) is 6.71. The standard InChI is InChI=1S/C13H10F3N5O3.ClH/c1-24-8-2-3-9(7(4-8)6-18-20-17)21-10(12(22)23)5-11(19-21)13(14,15)16;/h2-5H,6H2,1H3,(H,22,23);1H. The van der Waals surface area contributed by atoms with Crippen LogP contribution in [-0.2, 0) is 12.7 Å². The highest BCUT2D eigenvalue weighted by atomic mass is 35.5. The van der Waals surface area contributed by atoms with Gasteiger partial charge in [-0.2, -0.15) is 18.3 Å². The maximum atomic E-state index is 12.8. The van der Waals surface area contributed by atoms with Gasteiger partial charge < -0.3 is 9.84 Å². The molecule has 8 nitrogen and oxygen atoms in total. The van der Waals surface area contributed by atoms with Crippen molar-refractivity contribution in [3.8, 4) is 11.4 Å². The number of rotatable bonds is 5. The first-order chi connectivity index (χ1) is 11.3. The van der Waals surface area contributed by atoms with Crippen LogP contribution in [0.1, 0.15) is 21.7 Å². The van der Waals surface area contributed by atoms with E-state index in [2.05, 4.69) is 15.1 Å². The largest absolute Gasteiger partial charge is 0.497 e. The van der Waals surface area contributed by atoms with E-state index in [0.29, 0.717) is 16.5 Å². The minimum atomic E-state index is -4.80. The maximum Gasteiger partial charge on any atom is 0.435 e. The van der Waals surface area contributed by atoms with Gasteiger partial charge in [0.05, 0.1) is 19.3 Å². The summed E-state index contributed by atoms with van der Waals surface area (Å²) in [5.74, 6) is -1.22. The fourth-order valence-corrected chi connectivity index (χ4v) is 1.99. The SMILES string of the molecule is COc1ccc(-n2nc(C(F)(F)F)cc2C(=O)O)c(CN=[N+]=[N-])c1.Cl. The minimum Gasteiger partial charge on any atom is -0.497 e. The maximum absolute atomic E-state index is 12.8. The molecule has 0 saturated heterocycles. The number of carboxylic acids is 1. The van der Waals surface area contributed by atoms with Gasteiger partial charge in [0.15, 0.2) is 11.4 Å². The van der Waals surface area contributed by atoms with Gasteiger partial charge in [0.25, 0.3) is 0 Å². The molecule has 0 fully saturated rings. The molecule has 0 aliphatic heterocycles. The molecule has 0 saturated carbocycles. The zero-order valence-corrected chi connectivity index (χ0v) is 13.4. The Morgan fingerprint density at radius 2 is 2.12 bits per heavy atom. The van der Waals surface area contributed by atoms with Crippen LogP contribution < -0.4 is 4.74 Å². The van der Waals surface area contributed by atoms with Gasteiger partial charge in [-0.1, -0.05) is 5.11 Å². The molecule has 0 unspecified atom stereocenters. The summed E-state index contributed by atoms with van der Waals surface area (Å²) < 4.78 is 44.1. The average molecular weight is 378 g/mol. The third-order valence-corrected chi connectivity index (χ3v) is 3.04. The van der Waals surface area contributed by atoms with Crippen molar-refractivity contribution in [3.05, 3.63) is 51.7 Å². The van der Waals surface area contributed by atoms with E-state index in [9.17, 15) is 18.0 Å². The number of hydrogen-bond acceptors (Lipinski definition) is 4. The number of alkyl halides is 3.